The first-order valence-electron chi connectivity index (χ1n) is 6.60. The Labute approximate surface area is 119 Å². The Hall–Kier alpha value is -0.417. The largest absolute Gasteiger partial charge is 0.0882 e. The topological polar surface area (TPSA) is 0 Å². The Bertz CT molecular complexity index is 179. The molecule has 0 bridgehead atoms. The van der Waals surface area contributed by atoms with Gasteiger partial charge in [-0.15, -0.1) is 0 Å². The monoisotopic (exact) mass is 319 g/mol. The minimum Gasteiger partial charge on any atom is -0.0882 e. The fourth-order valence-electron chi connectivity index (χ4n) is 1.71. The van der Waals surface area contributed by atoms with Gasteiger partial charge in [0.15, 0.2) is 0 Å². The van der Waals surface area contributed by atoms with E-state index in [1.165, 1.54) is 51.4 Å². The first-order chi connectivity index (χ1) is 8.00. The third kappa shape index (κ3) is 11.8. The Morgan fingerprint density at radius 3 is 0.529 bits per heavy atom. The standard InChI is InChI=1S/2C8H12.Rh/c2*1-2-4-6-8-7-5-3-1;/h2*1-2,7-8H,3-6H2;. The molecule has 0 saturated heterocycles. The molecule has 2 aliphatic carbocycles. The Morgan fingerprint density at radius 1 is 0.294 bits per heavy atom. The van der Waals surface area contributed by atoms with Gasteiger partial charge in [0.1, 0.15) is 0 Å². The van der Waals surface area contributed by atoms with E-state index in [-0.39, 0.29) is 19.5 Å². The van der Waals surface area contributed by atoms with Gasteiger partial charge in [0, 0.05) is 19.5 Å². The minimum absolute atomic E-state index is 0. The molecule has 0 N–H and O–H groups in total. The van der Waals surface area contributed by atoms with Crippen LogP contribution in [0.4, 0.5) is 0 Å². The van der Waals surface area contributed by atoms with Crippen molar-refractivity contribution in [1.29, 1.82) is 0 Å². The molecule has 0 atom stereocenters. The molecule has 1 heteroatoms. The summed E-state index contributed by atoms with van der Waals surface area (Å²) in [4.78, 5) is 0. The van der Waals surface area contributed by atoms with Crippen molar-refractivity contribution in [1.82, 2.24) is 0 Å². The molecule has 2 rings (SSSR count). The van der Waals surface area contributed by atoms with Crippen molar-refractivity contribution >= 4 is 0 Å². The quantitative estimate of drug-likeness (QED) is 0.417. The van der Waals surface area contributed by atoms with E-state index < -0.39 is 0 Å². The number of allylic oxidation sites excluding steroid dienone is 8. The predicted molar refractivity (Wildman–Crippen MR) is 73.5 cm³/mol. The smallest absolute Gasteiger partial charge is 0 e. The summed E-state index contributed by atoms with van der Waals surface area (Å²) in [5, 5.41) is 0. The molecule has 0 aromatic rings. The summed E-state index contributed by atoms with van der Waals surface area (Å²) in [7, 11) is 0. The molecule has 97 valence electrons. The zero-order chi connectivity index (χ0) is 11.3. The van der Waals surface area contributed by atoms with Gasteiger partial charge in [-0.2, -0.15) is 0 Å². The molecule has 2 aliphatic rings. The average molecular weight is 319 g/mol. The van der Waals surface area contributed by atoms with Crippen LogP contribution in [0.25, 0.3) is 0 Å². The van der Waals surface area contributed by atoms with Gasteiger partial charge in [0.25, 0.3) is 0 Å². The molecule has 0 fully saturated rings. The molecule has 17 heavy (non-hydrogen) atoms. The molecule has 0 saturated carbocycles. The second-order valence-electron chi connectivity index (χ2n) is 4.20. The van der Waals surface area contributed by atoms with Gasteiger partial charge in [-0.05, 0) is 51.4 Å². The zero-order valence-corrected chi connectivity index (χ0v) is 12.2. The maximum atomic E-state index is 2.27. The van der Waals surface area contributed by atoms with Crippen molar-refractivity contribution in [3.05, 3.63) is 48.6 Å². The SMILES string of the molecule is C1=CCCC=CCC1.C1=CCCC=CCC1.[Rh]. The van der Waals surface area contributed by atoms with Gasteiger partial charge in [-0.25, -0.2) is 0 Å². The van der Waals surface area contributed by atoms with Crippen LogP contribution in [0.2, 0.25) is 0 Å². The summed E-state index contributed by atoms with van der Waals surface area (Å²) in [6, 6.07) is 0. The first kappa shape index (κ1) is 16.6. The van der Waals surface area contributed by atoms with Crippen LogP contribution in [0.1, 0.15) is 51.4 Å². The molecular formula is C16H24Rh. The number of rotatable bonds is 0. The van der Waals surface area contributed by atoms with E-state index in [2.05, 4.69) is 48.6 Å². The van der Waals surface area contributed by atoms with Crippen LogP contribution in [-0.4, -0.2) is 0 Å². The van der Waals surface area contributed by atoms with Gasteiger partial charge in [0.05, 0.1) is 0 Å². The normalized spacial score (nSPS) is 18.8. The van der Waals surface area contributed by atoms with Crippen molar-refractivity contribution in [3.8, 4) is 0 Å². The Morgan fingerprint density at radius 2 is 0.412 bits per heavy atom. The fraction of sp³-hybridized carbons (Fsp3) is 0.500. The molecule has 0 nitrogen and oxygen atoms in total. The van der Waals surface area contributed by atoms with Crippen molar-refractivity contribution < 1.29 is 19.5 Å². The third-order valence-electron chi connectivity index (χ3n) is 2.67. The van der Waals surface area contributed by atoms with Gasteiger partial charge in [0.2, 0.25) is 0 Å². The summed E-state index contributed by atoms with van der Waals surface area (Å²) in [5.41, 5.74) is 0. The third-order valence-corrected chi connectivity index (χ3v) is 2.67. The second-order valence-corrected chi connectivity index (χ2v) is 4.20. The minimum atomic E-state index is 0. The van der Waals surface area contributed by atoms with E-state index in [1.54, 1.807) is 0 Å². The summed E-state index contributed by atoms with van der Waals surface area (Å²) >= 11 is 0. The van der Waals surface area contributed by atoms with Gasteiger partial charge in [-0.1, -0.05) is 48.6 Å². The van der Waals surface area contributed by atoms with E-state index in [1.807, 2.05) is 0 Å². The van der Waals surface area contributed by atoms with Crippen LogP contribution < -0.4 is 0 Å². The number of hydrogen-bond donors (Lipinski definition) is 0. The van der Waals surface area contributed by atoms with Crippen molar-refractivity contribution in [2.75, 3.05) is 0 Å². The Kier molecular flexibility index (Phi) is 13.3. The van der Waals surface area contributed by atoms with Gasteiger partial charge in [-0.3, -0.25) is 0 Å². The van der Waals surface area contributed by atoms with Crippen LogP contribution in [0.3, 0.4) is 0 Å². The van der Waals surface area contributed by atoms with Crippen molar-refractivity contribution in [3.63, 3.8) is 0 Å². The molecule has 0 aromatic carbocycles. The molecule has 1 radical (unpaired) electrons. The number of hydrogen-bond acceptors (Lipinski definition) is 0. The molecule has 0 amide bonds. The van der Waals surface area contributed by atoms with Crippen molar-refractivity contribution in [2.24, 2.45) is 0 Å². The molecule has 0 spiro atoms. The molecule has 0 heterocycles. The van der Waals surface area contributed by atoms with E-state index in [0.717, 1.165) is 0 Å². The van der Waals surface area contributed by atoms with Gasteiger partial charge >= 0.3 is 0 Å². The average Bonchev–Trinajstić information content (AvgIpc) is 2.15. The summed E-state index contributed by atoms with van der Waals surface area (Å²) in [5.74, 6) is 0. The molecule has 0 unspecified atom stereocenters. The summed E-state index contributed by atoms with van der Waals surface area (Å²) in [6.07, 6.45) is 28.0. The maximum absolute atomic E-state index is 2.27. The molecular weight excluding hydrogens is 295 g/mol. The van der Waals surface area contributed by atoms with Crippen LogP contribution >= 0.6 is 0 Å². The summed E-state index contributed by atoms with van der Waals surface area (Å²) in [6.45, 7) is 0. The second kappa shape index (κ2) is 13.6. The first-order valence-corrected chi connectivity index (χ1v) is 6.60. The van der Waals surface area contributed by atoms with Crippen LogP contribution in [0, 0.1) is 0 Å². The summed E-state index contributed by atoms with van der Waals surface area (Å²) < 4.78 is 0. The zero-order valence-electron chi connectivity index (χ0n) is 10.6. The predicted octanol–water partition coefficient (Wildman–Crippen LogP) is 5.34. The van der Waals surface area contributed by atoms with E-state index in [9.17, 15) is 0 Å². The molecule has 0 aromatic heterocycles. The van der Waals surface area contributed by atoms with Crippen LogP contribution in [-0.2, 0) is 19.5 Å². The van der Waals surface area contributed by atoms with Crippen LogP contribution in [0.5, 0.6) is 0 Å². The van der Waals surface area contributed by atoms with E-state index in [0.29, 0.717) is 0 Å². The van der Waals surface area contributed by atoms with E-state index >= 15 is 0 Å². The maximum Gasteiger partial charge on any atom is 0 e. The van der Waals surface area contributed by atoms with Crippen LogP contribution in [0.15, 0.2) is 48.6 Å². The fourth-order valence-corrected chi connectivity index (χ4v) is 1.71. The van der Waals surface area contributed by atoms with Crippen molar-refractivity contribution in [2.45, 2.75) is 51.4 Å². The van der Waals surface area contributed by atoms with Gasteiger partial charge < -0.3 is 0 Å². The molecule has 0 aliphatic heterocycles. The van der Waals surface area contributed by atoms with E-state index in [4.69, 9.17) is 0 Å². The Balaban J connectivity index is 0.000000284.